The van der Waals surface area contributed by atoms with Crippen LogP contribution in [0.4, 0.5) is 0 Å². The highest BCUT2D eigenvalue weighted by Crippen LogP contribution is 2.13. The second-order valence-corrected chi connectivity index (χ2v) is 3.88. The summed E-state index contributed by atoms with van der Waals surface area (Å²) in [6.45, 7) is 3.38. The minimum Gasteiger partial charge on any atom is -0.468 e. The van der Waals surface area contributed by atoms with Crippen LogP contribution in [-0.2, 0) is 9.53 Å². The van der Waals surface area contributed by atoms with Crippen LogP contribution >= 0.6 is 0 Å². The van der Waals surface area contributed by atoms with E-state index in [1.54, 1.807) is 12.3 Å². The smallest absolute Gasteiger partial charge is 0.338 e. The monoisotopic (exact) mass is 227 g/mol. The number of furan rings is 1. The zero-order valence-corrected chi connectivity index (χ0v) is 9.69. The summed E-state index contributed by atoms with van der Waals surface area (Å²) in [5.41, 5.74) is -1.53. The second kappa shape index (κ2) is 5.14. The van der Waals surface area contributed by atoms with Crippen molar-refractivity contribution >= 4 is 5.97 Å². The summed E-state index contributed by atoms with van der Waals surface area (Å²) in [5.74, 6) is 0.0901. The first-order chi connectivity index (χ1) is 7.47. The fourth-order valence-electron chi connectivity index (χ4n) is 1.28. The number of rotatable bonds is 5. The van der Waals surface area contributed by atoms with E-state index < -0.39 is 11.6 Å². The van der Waals surface area contributed by atoms with Crippen LogP contribution in [0.5, 0.6) is 0 Å². The van der Waals surface area contributed by atoms with Crippen LogP contribution in [0.3, 0.4) is 0 Å². The van der Waals surface area contributed by atoms with Gasteiger partial charge in [0.1, 0.15) is 5.76 Å². The van der Waals surface area contributed by atoms with E-state index in [1.165, 1.54) is 14.0 Å². The Kier molecular flexibility index (Phi) is 4.09. The minimum atomic E-state index is -1.53. The van der Waals surface area contributed by atoms with Crippen molar-refractivity contribution < 1.29 is 19.1 Å². The molecule has 0 bridgehead atoms. The molecule has 0 aromatic carbocycles. The molecular formula is C11H17NO4. The van der Waals surface area contributed by atoms with Crippen LogP contribution in [0, 0.1) is 0 Å². The molecule has 2 atom stereocenters. The molecule has 0 aliphatic carbocycles. The molecule has 90 valence electrons. The molecule has 5 heteroatoms. The van der Waals surface area contributed by atoms with Gasteiger partial charge in [0.15, 0.2) is 5.60 Å². The Hall–Kier alpha value is -1.33. The van der Waals surface area contributed by atoms with Crippen LogP contribution < -0.4 is 5.32 Å². The molecule has 1 heterocycles. The number of ether oxygens (including phenoxy) is 1. The normalized spacial score (nSPS) is 16.5. The van der Waals surface area contributed by atoms with Crippen molar-refractivity contribution in [3.63, 3.8) is 0 Å². The average molecular weight is 227 g/mol. The van der Waals surface area contributed by atoms with Crippen molar-refractivity contribution in [3.05, 3.63) is 24.2 Å². The summed E-state index contributed by atoms with van der Waals surface area (Å²) in [7, 11) is 1.24. The number of hydrogen-bond donors (Lipinski definition) is 2. The largest absolute Gasteiger partial charge is 0.468 e. The summed E-state index contributed by atoms with van der Waals surface area (Å²) in [4.78, 5) is 11.2. The molecule has 1 unspecified atom stereocenters. The van der Waals surface area contributed by atoms with Gasteiger partial charge in [-0.1, -0.05) is 0 Å². The van der Waals surface area contributed by atoms with E-state index >= 15 is 0 Å². The van der Waals surface area contributed by atoms with Gasteiger partial charge >= 0.3 is 5.97 Å². The van der Waals surface area contributed by atoms with Gasteiger partial charge in [0.2, 0.25) is 0 Å². The Morgan fingerprint density at radius 2 is 2.44 bits per heavy atom. The van der Waals surface area contributed by atoms with Gasteiger partial charge in [-0.05, 0) is 26.0 Å². The van der Waals surface area contributed by atoms with Gasteiger partial charge in [-0.2, -0.15) is 0 Å². The molecule has 0 spiro atoms. The van der Waals surface area contributed by atoms with Gasteiger partial charge in [0.25, 0.3) is 0 Å². The summed E-state index contributed by atoms with van der Waals surface area (Å²) in [5, 5.41) is 12.8. The quantitative estimate of drug-likeness (QED) is 0.730. The molecule has 0 aliphatic rings. The van der Waals surface area contributed by atoms with Crippen LogP contribution in [0.15, 0.2) is 22.8 Å². The highest BCUT2D eigenvalue weighted by atomic mass is 16.5. The third-order valence-electron chi connectivity index (χ3n) is 2.35. The fourth-order valence-corrected chi connectivity index (χ4v) is 1.28. The zero-order valence-electron chi connectivity index (χ0n) is 9.69. The van der Waals surface area contributed by atoms with E-state index in [9.17, 15) is 9.90 Å². The summed E-state index contributed by atoms with van der Waals surface area (Å²) in [6.07, 6.45) is 1.58. The maximum Gasteiger partial charge on any atom is 0.338 e. The Morgan fingerprint density at radius 1 is 1.75 bits per heavy atom. The maximum absolute atomic E-state index is 11.2. The van der Waals surface area contributed by atoms with Gasteiger partial charge < -0.3 is 19.6 Å². The Balaban J connectivity index is 2.48. The van der Waals surface area contributed by atoms with Crippen molar-refractivity contribution in [2.24, 2.45) is 0 Å². The van der Waals surface area contributed by atoms with E-state index in [1.807, 2.05) is 13.0 Å². The fraction of sp³-hybridized carbons (Fsp3) is 0.545. The Morgan fingerprint density at radius 3 is 2.94 bits per heavy atom. The molecule has 1 rings (SSSR count). The molecule has 16 heavy (non-hydrogen) atoms. The molecule has 0 amide bonds. The number of hydrogen-bond acceptors (Lipinski definition) is 5. The number of carbonyl (C=O) groups is 1. The summed E-state index contributed by atoms with van der Waals surface area (Å²) < 4.78 is 9.67. The molecule has 2 N–H and O–H groups in total. The van der Waals surface area contributed by atoms with Crippen molar-refractivity contribution in [3.8, 4) is 0 Å². The number of methoxy groups -OCH3 is 1. The van der Waals surface area contributed by atoms with Crippen molar-refractivity contribution in [2.45, 2.75) is 25.5 Å². The Labute approximate surface area is 94.4 Å². The molecular weight excluding hydrogens is 210 g/mol. The average Bonchev–Trinajstić information content (AvgIpc) is 2.78. The second-order valence-electron chi connectivity index (χ2n) is 3.88. The predicted octanol–water partition coefficient (Wildman–Crippen LogP) is 0.854. The lowest BCUT2D eigenvalue weighted by atomic mass is 10.1. The zero-order chi connectivity index (χ0) is 12.2. The first-order valence-electron chi connectivity index (χ1n) is 5.05. The number of esters is 1. The van der Waals surface area contributed by atoms with E-state index in [2.05, 4.69) is 10.1 Å². The SMILES string of the molecule is COC(=O)C(C)(O)CN[C@H](C)c1ccco1. The highest BCUT2D eigenvalue weighted by Gasteiger charge is 2.31. The molecule has 1 aromatic heterocycles. The minimum absolute atomic E-state index is 0.0777. The molecule has 0 fully saturated rings. The number of aliphatic hydroxyl groups is 1. The highest BCUT2D eigenvalue weighted by molar-refractivity contribution is 5.78. The lowest BCUT2D eigenvalue weighted by molar-refractivity contribution is -0.160. The molecule has 1 aromatic rings. The van der Waals surface area contributed by atoms with E-state index in [-0.39, 0.29) is 12.6 Å². The van der Waals surface area contributed by atoms with Gasteiger partial charge in [0, 0.05) is 6.54 Å². The van der Waals surface area contributed by atoms with Gasteiger partial charge in [0.05, 0.1) is 19.4 Å². The lowest BCUT2D eigenvalue weighted by Crippen LogP contribution is -2.46. The van der Waals surface area contributed by atoms with Crippen molar-refractivity contribution in [2.75, 3.05) is 13.7 Å². The van der Waals surface area contributed by atoms with E-state index in [4.69, 9.17) is 4.42 Å². The summed E-state index contributed by atoms with van der Waals surface area (Å²) >= 11 is 0. The number of carbonyl (C=O) groups excluding carboxylic acids is 1. The molecule has 0 aliphatic heterocycles. The molecule has 0 saturated carbocycles. The van der Waals surface area contributed by atoms with Crippen LogP contribution in [-0.4, -0.2) is 30.3 Å². The Bertz CT molecular complexity index is 332. The van der Waals surface area contributed by atoms with Crippen LogP contribution in [0.1, 0.15) is 25.6 Å². The third-order valence-corrected chi connectivity index (χ3v) is 2.35. The first kappa shape index (κ1) is 12.7. The van der Waals surface area contributed by atoms with Gasteiger partial charge in [-0.25, -0.2) is 4.79 Å². The molecule has 0 saturated heterocycles. The first-order valence-corrected chi connectivity index (χ1v) is 5.05. The topological polar surface area (TPSA) is 71.7 Å². The van der Waals surface area contributed by atoms with Crippen LogP contribution in [0.25, 0.3) is 0 Å². The van der Waals surface area contributed by atoms with Gasteiger partial charge in [-0.15, -0.1) is 0 Å². The summed E-state index contributed by atoms with van der Waals surface area (Å²) in [6, 6.07) is 3.53. The van der Waals surface area contributed by atoms with Gasteiger partial charge in [-0.3, -0.25) is 0 Å². The van der Waals surface area contributed by atoms with E-state index in [0.29, 0.717) is 0 Å². The lowest BCUT2D eigenvalue weighted by Gasteiger charge is -2.22. The molecule has 0 radical (unpaired) electrons. The molecule has 5 nitrogen and oxygen atoms in total. The van der Waals surface area contributed by atoms with Crippen LogP contribution in [0.2, 0.25) is 0 Å². The van der Waals surface area contributed by atoms with E-state index in [0.717, 1.165) is 5.76 Å². The van der Waals surface area contributed by atoms with Crippen molar-refractivity contribution in [1.82, 2.24) is 5.32 Å². The third kappa shape index (κ3) is 3.08. The predicted molar refractivity (Wildman–Crippen MR) is 57.8 cm³/mol. The maximum atomic E-state index is 11.2. The standard InChI is InChI=1S/C11H17NO4/c1-8(9-5-4-6-16-9)12-7-11(2,14)10(13)15-3/h4-6,8,12,14H,7H2,1-3H3/t8-,11?/m1/s1. The van der Waals surface area contributed by atoms with Crippen molar-refractivity contribution in [1.29, 1.82) is 0 Å². The number of nitrogens with one attached hydrogen (secondary N) is 1.